The van der Waals surface area contributed by atoms with Crippen molar-refractivity contribution >= 4 is 0 Å². The van der Waals surface area contributed by atoms with Crippen LogP contribution in [0.4, 0.5) is 4.39 Å². The molecule has 1 N–H and O–H groups in total. The third-order valence-corrected chi connectivity index (χ3v) is 3.84. The Bertz CT molecular complexity index is 660. The SMILES string of the molecule is O=c1cc(C2CCCC2)nc(Cc2cccc(F)c2)[nH]1. The van der Waals surface area contributed by atoms with Gasteiger partial charge in [0.2, 0.25) is 0 Å². The Kier molecular flexibility index (Phi) is 3.63. The van der Waals surface area contributed by atoms with Crippen LogP contribution in [0.2, 0.25) is 0 Å². The highest BCUT2D eigenvalue weighted by Gasteiger charge is 2.19. The summed E-state index contributed by atoms with van der Waals surface area (Å²) in [5, 5.41) is 0. The third-order valence-electron chi connectivity index (χ3n) is 3.84. The van der Waals surface area contributed by atoms with Gasteiger partial charge in [-0.25, -0.2) is 9.37 Å². The molecule has 0 saturated heterocycles. The summed E-state index contributed by atoms with van der Waals surface area (Å²) >= 11 is 0. The topological polar surface area (TPSA) is 45.8 Å². The standard InChI is InChI=1S/C16H17FN2O/c17-13-7-3-4-11(8-13)9-15-18-14(10-16(20)19-15)12-5-1-2-6-12/h3-4,7-8,10,12H,1-2,5-6,9H2,(H,18,19,20). The summed E-state index contributed by atoms with van der Waals surface area (Å²) in [6.45, 7) is 0. The summed E-state index contributed by atoms with van der Waals surface area (Å²) in [7, 11) is 0. The van der Waals surface area contributed by atoms with Gasteiger partial charge in [0.05, 0.1) is 5.69 Å². The zero-order valence-corrected chi connectivity index (χ0v) is 11.2. The lowest BCUT2D eigenvalue weighted by Gasteiger charge is -2.09. The van der Waals surface area contributed by atoms with Gasteiger partial charge in [-0.3, -0.25) is 4.79 Å². The number of rotatable bonds is 3. The van der Waals surface area contributed by atoms with Crippen molar-refractivity contribution in [2.75, 3.05) is 0 Å². The van der Waals surface area contributed by atoms with E-state index >= 15 is 0 Å². The number of benzene rings is 1. The summed E-state index contributed by atoms with van der Waals surface area (Å²) in [4.78, 5) is 19.1. The quantitative estimate of drug-likeness (QED) is 0.933. The van der Waals surface area contributed by atoms with E-state index < -0.39 is 0 Å². The molecule has 0 radical (unpaired) electrons. The molecule has 20 heavy (non-hydrogen) atoms. The first-order valence-electron chi connectivity index (χ1n) is 7.05. The van der Waals surface area contributed by atoms with Crippen molar-refractivity contribution in [2.24, 2.45) is 0 Å². The number of nitrogens with zero attached hydrogens (tertiary/aromatic N) is 1. The van der Waals surface area contributed by atoms with Crippen LogP contribution in [-0.4, -0.2) is 9.97 Å². The lowest BCUT2D eigenvalue weighted by molar-refractivity contribution is 0.625. The highest BCUT2D eigenvalue weighted by atomic mass is 19.1. The van der Waals surface area contributed by atoms with E-state index in [9.17, 15) is 9.18 Å². The fourth-order valence-electron chi connectivity index (χ4n) is 2.88. The minimum Gasteiger partial charge on any atom is -0.310 e. The van der Waals surface area contributed by atoms with E-state index in [0.717, 1.165) is 24.1 Å². The summed E-state index contributed by atoms with van der Waals surface area (Å²) in [6, 6.07) is 8.00. The van der Waals surface area contributed by atoms with Crippen LogP contribution >= 0.6 is 0 Å². The number of aromatic nitrogens is 2. The van der Waals surface area contributed by atoms with Crippen molar-refractivity contribution in [3.63, 3.8) is 0 Å². The predicted octanol–water partition coefficient (Wildman–Crippen LogP) is 3.16. The molecule has 1 aliphatic rings. The van der Waals surface area contributed by atoms with E-state index in [1.807, 2.05) is 6.07 Å². The van der Waals surface area contributed by atoms with Crippen LogP contribution in [0.3, 0.4) is 0 Å². The van der Waals surface area contributed by atoms with Gasteiger partial charge in [-0.1, -0.05) is 25.0 Å². The van der Waals surface area contributed by atoms with Crippen LogP contribution in [0.5, 0.6) is 0 Å². The van der Waals surface area contributed by atoms with Gasteiger partial charge in [0.25, 0.3) is 5.56 Å². The smallest absolute Gasteiger partial charge is 0.251 e. The van der Waals surface area contributed by atoms with Crippen molar-refractivity contribution in [1.82, 2.24) is 9.97 Å². The molecule has 0 atom stereocenters. The van der Waals surface area contributed by atoms with E-state index in [-0.39, 0.29) is 11.4 Å². The zero-order valence-electron chi connectivity index (χ0n) is 11.2. The Hall–Kier alpha value is -1.97. The largest absolute Gasteiger partial charge is 0.310 e. The molecule has 104 valence electrons. The van der Waals surface area contributed by atoms with Gasteiger partial charge in [-0.2, -0.15) is 0 Å². The molecular weight excluding hydrogens is 255 g/mol. The second-order valence-electron chi connectivity index (χ2n) is 5.41. The molecule has 4 heteroatoms. The van der Waals surface area contributed by atoms with E-state index in [2.05, 4.69) is 9.97 Å². The van der Waals surface area contributed by atoms with Gasteiger partial charge < -0.3 is 4.98 Å². The number of hydrogen-bond donors (Lipinski definition) is 1. The molecule has 0 spiro atoms. The Labute approximate surface area is 116 Å². The average Bonchev–Trinajstić information content (AvgIpc) is 2.91. The number of nitrogens with one attached hydrogen (secondary N) is 1. The molecule has 0 unspecified atom stereocenters. The Balaban J connectivity index is 1.87. The van der Waals surface area contributed by atoms with Crippen LogP contribution in [0.1, 0.15) is 48.7 Å². The molecule has 0 aliphatic heterocycles. The molecule has 2 aromatic rings. The Morgan fingerprint density at radius 2 is 2.05 bits per heavy atom. The van der Waals surface area contributed by atoms with Crippen LogP contribution in [0.15, 0.2) is 35.1 Å². The van der Waals surface area contributed by atoms with Crippen LogP contribution in [0.25, 0.3) is 0 Å². The van der Waals surface area contributed by atoms with Crippen molar-refractivity contribution in [1.29, 1.82) is 0 Å². The second-order valence-corrected chi connectivity index (χ2v) is 5.41. The minimum atomic E-state index is -0.267. The maximum absolute atomic E-state index is 13.2. The molecule has 3 nitrogen and oxygen atoms in total. The highest BCUT2D eigenvalue weighted by molar-refractivity contribution is 5.21. The van der Waals surface area contributed by atoms with Crippen LogP contribution < -0.4 is 5.56 Å². The first kappa shape index (κ1) is 13.0. The number of hydrogen-bond acceptors (Lipinski definition) is 2. The molecule has 1 saturated carbocycles. The molecule has 0 amide bonds. The van der Waals surface area contributed by atoms with Gasteiger partial charge in [0.15, 0.2) is 0 Å². The zero-order chi connectivity index (χ0) is 13.9. The normalized spacial score (nSPS) is 15.7. The molecule has 0 bridgehead atoms. The number of aromatic amines is 1. The molecule has 3 rings (SSSR count). The lowest BCUT2D eigenvalue weighted by atomic mass is 10.0. The van der Waals surface area contributed by atoms with Crippen molar-refractivity contribution in [3.05, 3.63) is 63.6 Å². The highest BCUT2D eigenvalue weighted by Crippen LogP contribution is 2.32. The molecule has 1 aromatic heterocycles. The fraction of sp³-hybridized carbons (Fsp3) is 0.375. The van der Waals surface area contributed by atoms with Crippen LogP contribution in [0, 0.1) is 5.82 Å². The van der Waals surface area contributed by atoms with Gasteiger partial charge in [-0.15, -0.1) is 0 Å². The first-order chi connectivity index (χ1) is 9.70. The monoisotopic (exact) mass is 272 g/mol. The number of H-pyrrole nitrogens is 1. The van der Waals surface area contributed by atoms with E-state index in [0.29, 0.717) is 18.2 Å². The van der Waals surface area contributed by atoms with E-state index in [1.54, 1.807) is 12.1 Å². The van der Waals surface area contributed by atoms with Gasteiger partial charge in [-0.05, 0) is 30.5 Å². The number of halogens is 1. The summed E-state index contributed by atoms with van der Waals surface area (Å²) in [5.41, 5.74) is 1.59. The predicted molar refractivity (Wildman–Crippen MR) is 75.3 cm³/mol. The maximum atomic E-state index is 13.2. The summed E-state index contributed by atoms with van der Waals surface area (Å²) < 4.78 is 13.2. The van der Waals surface area contributed by atoms with Crippen LogP contribution in [-0.2, 0) is 6.42 Å². The van der Waals surface area contributed by atoms with Crippen molar-refractivity contribution < 1.29 is 4.39 Å². The molecule has 1 aromatic carbocycles. The van der Waals surface area contributed by atoms with Gasteiger partial charge in [0, 0.05) is 18.4 Å². The lowest BCUT2D eigenvalue weighted by Crippen LogP contribution is -2.14. The first-order valence-corrected chi connectivity index (χ1v) is 7.05. The average molecular weight is 272 g/mol. The Morgan fingerprint density at radius 3 is 2.80 bits per heavy atom. The minimum absolute atomic E-state index is 0.117. The molecule has 1 aliphatic carbocycles. The third kappa shape index (κ3) is 2.95. The summed E-state index contributed by atoms with van der Waals surface area (Å²) in [6.07, 6.45) is 5.08. The summed E-state index contributed by atoms with van der Waals surface area (Å²) in [5.74, 6) is 0.755. The second kappa shape index (κ2) is 5.57. The molecular formula is C16H17FN2O. The molecule has 1 heterocycles. The van der Waals surface area contributed by atoms with Crippen molar-refractivity contribution in [2.45, 2.75) is 38.0 Å². The van der Waals surface area contributed by atoms with Crippen molar-refractivity contribution in [3.8, 4) is 0 Å². The van der Waals surface area contributed by atoms with Gasteiger partial charge >= 0.3 is 0 Å². The van der Waals surface area contributed by atoms with E-state index in [1.165, 1.54) is 25.0 Å². The Morgan fingerprint density at radius 1 is 1.25 bits per heavy atom. The van der Waals surface area contributed by atoms with E-state index in [4.69, 9.17) is 0 Å². The maximum Gasteiger partial charge on any atom is 0.251 e. The fourth-order valence-corrected chi connectivity index (χ4v) is 2.88. The molecule has 1 fully saturated rings. The van der Waals surface area contributed by atoms with Gasteiger partial charge in [0.1, 0.15) is 11.6 Å².